The number of nitrogens with one attached hydrogen (secondary N) is 5. The third-order valence-electron chi connectivity index (χ3n) is 4.24. The van der Waals surface area contributed by atoms with Crippen LogP contribution in [0.4, 0.5) is 11.4 Å². The fourth-order valence-corrected chi connectivity index (χ4v) is 2.78. The van der Waals surface area contributed by atoms with Gasteiger partial charge in [-0.2, -0.15) is 0 Å². The van der Waals surface area contributed by atoms with E-state index in [1.807, 2.05) is 0 Å². The Bertz CT molecular complexity index is 1240. The van der Waals surface area contributed by atoms with Crippen molar-refractivity contribution >= 4 is 39.9 Å². The molecule has 0 fully saturated rings. The minimum atomic E-state index is -0.578. The number of fused-ring (bicyclic) bond motifs is 1. The zero-order valence-electron chi connectivity index (χ0n) is 16.0. The number of carbonyl (C=O) groups excluding carboxylic acids is 3. The molecule has 0 aliphatic heterocycles. The summed E-state index contributed by atoms with van der Waals surface area (Å²) in [7, 11) is 0. The van der Waals surface area contributed by atoms with Gasteiger partial charge in [0.2, 0.25) is 11.8 Å². The molecule has 30 heavy (non-hydrogen) atoms. The maximum atomic E-state index is 12.3. The van der Waals surface area contributed by atoms with E-state index in [9.17, 15) is 24.0 Å². The van der Waals surface area contributed by atoms with E-state index < -0.39 is 22.9 Å². The number of benzene rings is 2. The molecule has 3 rings (SSSR count). The molecule has 0 saturated carbocycles. The summed E-state index contributed by atoms with van der Waals surface area (Å²) in [6.45, 7) is 1.35. The van der Waals surface area contributed by atoms with E-state index in [-0.39, 0.29) is 34.5 Å². The van der Waals surface area contributed by atoms with Crippen LogP contribution < -0.4 is 27.1 Å². The molecule has 10 nitrogen and oxygen atoms in total. The maximum absolute atomic E-state index is 12.3. The number of rotatable bonds is 6. The number of hydrogen-bond donors (Lipinski definition) is 5. The number of carbonyl (C=O) groups is 3. The third kappa shape index (κ3) is 4.61. The molecule has 154 valence electrons. The second kappa shape index (κ2) is 8.86. The van der Waals surface area contributed by atoms with Gasteiger partial charge in [-0.1, -0.05) is 19.1 Å². The van der Waals surface area contributed by atoms with E-state index >= 15 is 0 Å². The van der Waals surface area contributed by atoms with Gasteiger partial charge in [0.1, 0.15) is 0 Å². The van der Waals surface area contributed by atoms with Crippen molar-refractivity contribution in [3.05, 3.63) is 68.7 Å². The Kier molecular flexibility index (Phi) is 6.06. The molecular weight excluding hydrogens is 390 g/mol. The monoisotopic (exact) mass is 409 g/mol. The van der Waals surface area contributed by atoms with Crippen LogP contribution >= 0.6 is 0 Å². The Balaban J connectivity index is 1.68. The predicted octanol–water partition coefficient (Wildman–Crippen LogP) is 0.933. The Morgan fingerprint density at radius 2 is 1.63 bits per heavy atom. The van der Waals surface area contributed by atoms with Crippen LogP contribution in [0.15, 0.2) is 52.1 Å². The molecule has 0 radical (unpaired) electrons. The summed E-state index contributed by atoms with van der Waals surface area (Å²) in [4.78, 5) is 59.9. The molecule has 0 aliphatic carbocycles. The molecule has 1 aromatic heterocycles. The highest BCUT2D eigenvalue weighted by Crippen LogP contribution is 2.16. The van der Waals surface area contributed by atoms with Crippen molar-refractivity contribution in [2.75, 3.05) is 17.2 Å². The lowest BCUT2D eigenvalue weighted by Gasteiger charge is -2.10. The normalized spacial score (nSPS) is 10.4. The highest BCUT2D eigenvalue weighted by molar-refractivity contribution is 6.04. The van der Waals surface area contributed by atoms with Crippen LogP contribution in [0.2, 0.25) is 0 Å². The quantitative estimate of drug-likeness (QED) is 0.410. The number of amides is 3. The van der Waals surface area contributed by atoms with Crippen molar-refractivity contribution in [1.29, 1.82) is 0 Å². The largest absolute Gasteiger partial charge is 0.343 e. The highest BCUT2D eigenvalue weighted by Gasteiger charge is 2.13. The van der Waals surface area contributed by atoms with Crippen molar-refractivity contribution in [2.24, 2.45) is 0 Å². The van der Waals surface area contributed by atoms with Gasteiger partial charge in [-0.05, 0) is 30.3 Å². The molecule has 3 amide bonds. The van der Waals surface area contributed by atoms with Gasteiger partial charge in [-0.15, -0.1) is 0 Å². The lowest BCUT2D eigenvalue weighted by atomic mass is 10.1. The van der Waals surface area contributed by atoms with Crippen molar-refractivity contribution in [3.63, 3.8) is 0 Å². The van der Waals surface area contributed by atoms with Gasteiger partial charge < -0.3 is 16.0 Å². The predicted molar refractivity (Wildman–Crippen MR) is 112 cm³/mol. The summed E-state index contributed by atoms with van der Waals surface area (Å²) < 4.78 is 0. The molecule has 10 heteroatoms. The van der Waals surface area contributed by atoms with Crippen LogP contribution in [0.5, 0.6) is 0 Å². The first-order valence-electron chi connectivity index (χ1n) is 9.10. The first kappa shape index (κ1) is 20.5. The average Bonchev–Trinajstić information content (AvgIpc) is 2.74. The zero-order chi connectivity index (χ0) is 21.7. The molecular formula is C20H19N5O5. The van der Waals surface area contributed by atoms with Gasteiger partial charge in [-0.3, -0.25) is 34.2 Å². The minimum absolute atomic E-state index is 0.0419. The van der Waals surface area contributed by atoms with Crippen molar-refractivity contribution in [2.45, 2.75) is 13.3 Å². The Hall–Kier alpha value is -4.21. The summed E-state index contributed by atoms with van der Waals surface area (Å²) >= 11 is 0. The number of aromatic amines is 2. The minimum Gasteiger partial charge on any atom is -0.343 e. The molecule has 0 aliphatic rings. The molecule has 0 spiro atoms. The van der Waals surface area contributed by atoms with Gasteiger partial charge in [0.05, 0.1) is 23.0 Å². The Morgan fingerprint density at radius 1 is 0.900 bits per heavy atom. The van der Waals surface area contributed by atoms with Crippen LogP contribution in [0.1, 0.15) is 23.7 Å². The molecule has 0 saturated heterocycles. The van der Waals surface area contributed by atoms with Crippen molar-refractivity contribution in [1.82, 2.24) is 15.5 Å². The van der Waals surface area contributed by atoms with E-state index in [1.165, 1.54) is 24.3 Å². The number of H-pyrrole nitrogens is 2. The molecule has 2 aromatic carbocycles. The van der Waals surface area contributed by atoms with E-state index in [0.29, 0.717) is 12.1 Å². The number of hydrogen-bond acceptors (Lipinski definition) is 5. The first-order valence-corrected chi connectivity index (χ1v) is 9.10. The zero-order valence-corrected chi connectivity index (χ0v) is 16.0. The first-order chi connectivity index (χ1) is 14.4. The summed E-state index contributed by atoms with van der Waals surface area (Å²) in [5.41, 5.74) is -0.160. The van der Waals surface area contributed by atoms with Gasteiger partial charge in [-0.25, -0.2) is 0 Å². The third-order valence-corrected chi connectivity index (χ3v) is 4.24. The number of aromatic nitrogens is 2. The molecule has 1 heterocycles. The lowest BCUT2D eigenvalue weighted by molar-refractivity contribution is -0.116. The fraction of sp³-hybridized carbons (Fsp3) is 0.150. The van der Waals surface area contributed by atoms with Gasteiger partial charge in [0, 0.05) is 17.7 Å². The molecule has 0 atom stereocenters. The lowest BCUT2D eigenvalue weighted by Crippen LogP contribution is -2.33. The summed E-state index contributed by atoms with van der Waals surface area (Å²) in [6.07, 6.45) is 0.305. The second-order valence-electron chi connectivity index (χ2n) is 6.35. The van der Waals surface area contributed by atoms with Crippen molar-refractivity contribution < 1.29 is 14.4 Å². The molecule has 0 bridgehead atoms. The van der Waals surface area contributed by atoms with Gasteiger partial charge in [0.15, 0.2) is 0 Å². The number of anilines is 2. The Morgan fingerprint density at radius 3 is 2.40 bits per heavy atom. The van der Waals surface area contributed by atoms with Crippen LogP contribution in [0.25, 0.3) is 10.8 Å². The van der Waals surface area contributed by atoms with Crippen LogP contribution in [0, 0.1) is 0 Å². The summed E-state index contributed by atoms with van der Waals surface area (Å²) in [5, 5.41) is 12.2. The highest BCUT2D eigenvalue weighted by atomic mass is 16.2. The van der Waals surface area contributed by atoms with E-state index in [2.05, 4.69) is 26.1 Å². The molecule has 5 N–H and O–H groups in total. The second-order valence-corrected chi connectivity index (χ2v) is 6.35. The standard InChI is InChI=1S/C20H19N5O5/c1-2-15(26)22-12-6-3-5-11(9-12)18(28)21-10-16(27)23-14-8-4-7-13-17(14)20(30)25-24-19(13)29/h3-9H,2,10H2,1H3,(H,21,28)(H,22,26)(H,23,27)(H,24,29)(H,25,30). The fourth-order valence-electron chi connectivity index (χ4n) is 2.78. The van der Waals surface area contributed by atoms with E-state index in [1.54, 1.807) is 25.1 Å². The van der Waals surface area contributed by atoms with Crippen LogP contribution in [-0.2, 0) is 9.59 Å². The van der Waals surface area contributed by atoms with Gasteiger partial charge in [0.25, 0.3) is 17.0 Å². The van der Waals surface area contributed by atoms with Crippen LogP contribution in [-0.4, -0.2) is 34.5 Å². The van der Waals surface area contributed by atoms with Gasteiger partial charge >= 0.3 is 0 Å². The Labute approximate surface area is 169 Å². The summed E-state index contributed by atoms with van der Waals surface area (Å²) in [6, 6.07) is 10.8. The molecule has 3 aromatic rings. The van der Waals surface area contributed by atoms with Crippen LogP contribution in [0.3, 0.4) is 0 Å². The average molecular weight is 409 g/mol. The summed E-state index contributed by atoms with van der Waals surface area (Å²) in [5.74, 6) is -1.27. The SMILES string of the molecule is CCC(=O)Nc1cccc(C(=O)NCC(=O)Nc2cccc3c(=O)[nH][nH]c(=O)c23)c1. The topological polar surface area (TPSA) is 153 Å². The molecule has 0 unspecified atom stereocenters. The van der Waals surface area contributed by atoms with Crippen molar-refractivity contribution in [3.8, 4) is 0 Å². The van der Waals surface area contributed by atoms with E-state index in [0.717, 1.165) is 0 Å². The van der Waals surface area contributed by atoms with E-state index in [4.69, 9.17) is 0 Å². The smallest absolute Gasteiger partial charge is 0.272 e. The maximum Gasteiger partial charge on any atom is 0.272 e.